The van der Waals surface area contributed by atoms with Crippen molar-refractivity contribution in [3.05, 3.63) is 42.0 Å². The minimum Gasteiger partial charge on any atom is -0.465 e. The molecule has 4 nitrogen and oxygen atoms in total. The van der Waals surface area contributed by atoms with E-state index in [4.69, 9.17) is 9.47 Å². The molecule has 0 unspecified atom stereocenters. The van der Waals surface area contributed by atoms with Crippen molar-refractivity contribution in [3.8, 4) is 0 Å². The van der Waals surface area contributed by atoms with Crippen LogP contribution in [-0.2, 0) is 19.0 Å². The zero-order valence-electron chi connectivity index (χ0n) is 10.2. The third-order valence-electron chi connectivity index (χ3n) is 2.37. The van der Waals surface area contributed by atoms with Gasteiger partial charge in [-0.05, 0) is 11.6 Å². The normalized spacial score (nSPS) is 11.7. The fourth-order valence-corrected chi connectivity index (χ4v) is 1.37. The highest BCUT2D eigenvalue weighted by Crippen LogP contribution is 2.17. The van der Waals surface area contributed by atoms with Gasteiger partial charge >= 0.3 is 5.97 Å². The highest BCUT2D eigenvalue weighted by molar-refractivity contribution is 5.81. The lowest BCUT2D eigenvalue weighted by molar-refractivity contribution is -0.207. The number of hydrogen-bond donors (Lipinski definition) is 0. The van der Waals surface area contributed by atoms with Crippen molar-refractivity contribution in [1.82, 2.24) is 0 Å². The predicted molar refractivity (Wildman–Crippen MR) is 64.2 cm³/mol. The van der Waals surface area contributed by atoms with E-state index in [2.05, 4.69) is 4.74 Å². The molecule has 0 amide bonds. The van der Waals surface area contributed by atoms with E-state index in [0.717, 1.165) is 5.56 Å². The molecule has 0 N–H and O–H groups in total. The van der Waals surface area contributed by atoms with Crippen molar-refractivity contribution in [2.75, 3.05) is 21.3 Å². The number of esters is 1. The number of ether oxygens (including phenoxy) is 3. The Morgan fingerprint density at radius 3 is 2.18 bits per heavy atom. The van der Waals surface area contributed by atoms with Crippen LogP contribution < -0.4 is 0 Å². The molecule has 0 heterocycles. The summed E-state index contributed by atoms with van der Waals surface area (Å²) in [4.78, 5) is 11.6. The molecular formula is C13H16O4. The highest BCUT2D eigenvalue weighted by atomic mass is 16.7. The first-order valence-corrected chi connectivity index (χ1v) is 5.11. The summed E-state index contributed by atoms with van der Waals surface area (Å²) >= 11 is 0. The maximum absolute atomic E-state index is 11.6. The van der Waals surface area contributed by atoms with Crippen LogP contribution in [0.15, 0.2) is 36.4 Å². The van der Waals surface area contributed by atoms with Gasteiger partial charge in [-0.15, -0.1) is 0 Å². The second-order valence-corrected chi connectivity index (χ2v) is 3.31. The molecule has 0 bridgehead atoms. The standard InChI is InChI=1S/C13H16O4/c1-15-12(14)13(16-2,17-3)10-9-11-7-5-4-6-8-11/h4-10H,1-3H3/b10-9+. The molecule has 1 aromatic rings. The van der Waals surface area contributed by atoms with E-state index in [1.807, 2.05) is 30.3 Å². The van der Waals surface area contributed by atoms with Crippen LogP contribution in [0.2, 0.25) is 0 Å². The third kappa shape index (κ3) is 3.15. The Kier molecular flexibility index (Phi) is 4.87. The van der Waals surface area contributed by atoms with Gasteiger partial charge in [0, 0.05) is 14.2 Å². The van der Waals surface area contributed by atoms with E-state index in [-0.39, 0.29) is 0 Å². The lowest BCUT2D eigenvalue weighted by Crippen LogP contribution is -2.41. The van der Waals surface area contributed by atoms with Crippen molar-refractivity contribution in [2.45, 2.75) is 5.79 Å². The summed E-state index contributed by atoms with van der Waals surface area (Å²) in [5, 5.41) is 0. The maximum atomic E-state index is 11.6. The average molecular weight is 236 g/mol. The Bertz CT molecular complexity index is 380. The van der Waals surface area contributed by atoms with Crippen LogP contribution in [0, 0.1) is 0 Å². The minimum absolute atomic E-state index is 0.602. The number of benzene rings is 1. The third-order valence-corrected chi connectivity index (χ3v) is 2.37. The van der Waals surface area contributed by atoms with Gasteiger partial charge in [-0.1, -0.05) is 36.4 Å². The van der Waals surface area contributed by atoms with Crippen LogP contribution in [0.1, 0.15) is 5.56 Å². The van der Waals surface area contributed by atoms with Crippen molar-refractivity contribution in [1.29, 1.82) is 0 Å². The molecule has 0 spiro atoms. The van der Waals surface area contributed by atoms with Gasteiger partial charge in [-0.2, -0.15) is 0 Å². The minimum atomic E-state index is -1.50. The molecule has 17 heavy (non-hydrogen) atoms. The van der Waals surface area contributed by atoms with Gasteiger partial charge in [-0.25, -0.2) is 4.79 Å². The number of rotatable bonds is 5. The van der Waals surface area contributed by atoms with Gasteiger partial charge in [0.2, 0.25) is 0 Å². The van der Waals surface area contributed by atoms with E-state index in [1.165, 1.54) is 27.4 Å². The first-order chi connectivity index (χ1) is 8.18. The Morgan fingerprint density at radius 2 is 1.71 bits per heavy atom. The van der Waals surface area contributed by atoms with Crippen LogP contribution in [0.25, 0.3) is 6.08 Å². The summed E-state index contributed by atoms with van der Waals surface area (Å²) in [6.07, 6.45) is 3.26. The SMILES string of the molecule is COC(=O)C(/C=C/c1ccccc1)(OC)OC. The van der Waals surface area contributed by atoms with Crippen LogP contribution in [0.3, 0.4) is 0 Å². The molecule has 0 aromatic heterocycles. The molecule has 0 aliphatic carbocycles. The zero-order chi connectivity index (χ0) is 12.7. The summed E-state index contributed by atoms with van der Waals surface area (Å²) in [6.45, 7) is 0. The first kappa shape index (κ1) is 13.4. The highest BCUT2D eigenvalue weighted by Gasteiger charge is 2.37. The molecule has 0 aliphatic rings. The molecule has 0 fully saturated rings. The van der Waals surface area contributed by atoms with Crippen LogP contribution in [0.4, 0.5) is 0 Å². The first-order valence-electron chi connectivity index (χ1n) is 5.11. The lowest BCUT2D eigenvalue weighted by Gasteiger charge is -2.23. The van der Waals surface area contributed by atoms with Gasteiger partial charge in [0.1, 0.15) is 0 Å². The van der Waals surface area contributed by atoms with Crippen molar-refractivity contribution >= 4 is 12.0 Å². The van der Waals surface area contributed by atoms with E-state index in [9.17, 15) is 4.79 Å². The topological polar surface area (TPSA) is 44.8 Å². The molecular weight excluding hydrogens is 220 g/mol. The lowest BCUT2D eigenvalue weighted by atomic mass is 10.1. The average Bonchev–Trinajstić information content (AvgIpc) is 2.41. The Hall–Kier alpha value is -1.65. The van der Waals surface area contributed by atoms with E-state index in [0.29, 0.717) is 0 Å². The summed E-state index contributed by atoms with van der Waals surface area (Å²) in [6, 6.07) is 9.53. The molecule has 1 aromatic carbocycles. The molecule has 1 rings (SSSR count). The summed E-state index contributed by atoms with van der Waals surface area (Å²) in [7, 11) is 4.05. The maximum Gasteiger partial charge on any atom is 0.371 e. The smallest absolute Gasteiger partial charge is 0.371 e. The second kappa shape index (κ2) is 6.18. The fraction of sp³-hybridized carbons (Fsp3) is 0.308. The van der Waals surface area contributed by atoms with Crippen molar-refractivity contribution in [3.63, 3.8) is 0 Å². The fourth-order valence-electron chi connectivity index (χ4n) is 1.37. The zero-order valence-corrected chi connectivity index (χ0v) is 10.2. The van der Waals surface area contributed by atoms with Gasteiger partial charge in [0.05, 0.1) is 7.11 Å². The van der Waals surface area contributed by atoms with E-state index in [1.54, 1.807) is 6.08 Å². The molecule has 92 valence electrons. The quantitative estimate of drug-likeness (QED) is 0.578. The predicted octanol–water partition coefficient (Wildman–Crippen LogP) is 1.86. The number of carbonyl (C=O) groups is 1. The van der Waals surface area contributed by atoms with Crippen molar-refractivity contribution in [2.24, 2.45) is 0 Å². The summed E-state index contributed by atoms with van der Waals surface area (Å²) in [5.74, 6) is -2.10. The Morgan fingerprint density at radius 1 is 1.12 bits per heavy atom. The molecule has 0 saturated carbocycles. The second-order valence-electron chi connectivity index (χ2n) is 3.31. The van der Waals surface area contributed by atoms with E-state index < -0.39 is 11.8 Å². The monoisotopic (exact) mass is 236 g/mol. The van der Waals surface area contributed by atoms with Crippen molar-refractivity contribution < 1.29 is 19.0 Å². The molecule has 0 radical (unpaired) electrons. The summed E-state index contributed by atoms with van der Waals surface area (Å²) in [5.41, 5.74) is 0.940. The van der Waals surface area contributed by atoms with Gasteiger partial charge < -0.3 is 14.2 Å². The van der Waals surface area contributed by atoms with Gasteiger partial charge in [0.25, 0.3) is 5.79 Å². The number of methoxy groups -OCH3 is 3. The number of carbonyl (C=O) groups excluding carboxylic acids is 1. The Balaban J connectivity index is 2.94. The summed E-state index contributed by atoms with van der Waals surface area (Å²) < 4.78 is 14.8. The van der Waals surface area contributed by atoms with Gasteiger partial charge in [0.15, 0.2) is 0 Å². The van der Waals surface area contributed by atoms with Crippen LogP contribution in [0.5, 0.6) is 0 Å². The van der Waals surface area contributed by atoms with Gasteiger partial charge in [-0.3, -0.25) is 0 Å². The van der Waals surface area contributed by atoms with Crippen LogP contribution in [-0.4, -0.2) is 33.1 Å². The largest absolute Gasteiger partial charge is 0.465 e. The number of hydrogen-bond acceptors (Lipinski definition) is 4. The molecule has 4 heteroatoms. The van der Waals surface area contributed by atoms with E-state index >= 15 is 0 Å². The molecule has 0 aliphatic heterocycles. The molecule has 0 atom stereocenters. The van der Waals surface area contributed by atoms with Crippen LogP contribution >= 0.6 is 0 Å². The Labute approximate surface area is 101 Å². The molecule has 0 saturated heterocycles.